The Kier molecular flexibility index (Phi) is 5.81. The maximum atomic E-state index is 13.1. The van der Waals surface area contributed by atoms with E-state index in [1.54, 1.807) is 11.0 Å². The second-order valence-corrected chi connectivity index (χ2v) is 12.7. The number of aromatic amines is 1. The van der Waals surface area contributed by atoms with Crippen molar-refractivity contribution >= 4 is 6.09 Å². The molecule has 2 N–H and O–H groups in total. The van der Waals surface area contributed by atoms with Crippen LogP contribution in [0, 0.1) is 5.92 Å². The molecule has 6 rings (SSSR count). The maximum absolute atomic E-state index is 13.1. The number of fused-ring (bicyclic) bond motifs is 1. The van der Waals surface area contributed by atoms with Crippen molar-refractivity contribution in [2.45, 2.75) is 82.0 Å². The standard InChI is InChI=1S/C30H39N3O4/c1-28(2,3)37-27(35)32-14-11-29-12-15-33(19-20-7-8-20)25(30(29,36)13-16-32)18-21-9-10-22(17-23(21)29)24-5-4-6-26(34)31-24/h4-6,9-10,17,20,25,36H,7-8,11-16,18-19H2,1-3H3,(H,31,34). The van der Waals surface area contributed by atoms with Crippen LogP contribution < -0.4 is 5.56 Å². The first-order valence-electron chi connectivity index (χ1n) is 13.9. The number of carbonyl (C=O) groups excluding carboxylic acids is 1. The van der Waals surface area contributed by atoms with E-state index in [2.05, 4.69) is 28.1 Å². The van der Waals surface area contributed by atoms with Crippen molar-refractivity contribution < 1.29 is 14.6 Å². The van der Waals surface area contributed by atoms with Gasteiger partial charge in [-0.05, 0) is 101 Å². The number of hydrogen-bond acceptors (Lipinski definition) is 5. The smallest absolute Gasteiger partial charge is 0.410 e. The van der Waals surface area contributed by atoms with E-state index in [9.17, 15) is 14.7 Å². The molecule has 3 atom stereocenters. The summed E-state index contributed by atoms with van der Waals surface area (Å²) in [5, 5.41) is 12.8. The van der Waals surface area contributed by atoms with Crippen LogP contribution in [0.5, 0.6) is 0 Å². The van der Waals surface area contributed by atoms with Gasteiger partial charge in [0.2, 0.25) is 5.56 Å². The molecule has 1 aromatic carbocycles. The number of nitrogens with zero attached hydrogens (tertiary/aromatic N) is 2. The summed E-state index contributed by atoms with van der Waals surface area (Å²) in [6.07, 6.45) is 5.16. The number of piperidine rings is 1. The monoisotopic (exact) mass is 505 g/mol. The number of aromatic nitrogens is 1. The van der Waals surface area contributed by atoms with Gasteiger partial charge in [0.15, 0.2) is 0 Å². The third-order valence-corrected chi connectivity index (χ3v) is 9.18. The summed E-state index contributed by atoms with van der Waals surface area (Å²) in [5.41, 5.74) is 2.14. The van der Waals surface area contributed by atoms with Gasteiger partial charge in [0.1, 0.15) is 5.60 Å². The largest absolute Gasteiger partial charge is 0.444 e. The molecule has 0 radical (unpaired) electrons. The first kappa shape index (κ1) is 24.7. The quantitative estimate of drug-likeness (QED) is 0.657. The van der Waals surface area contributed by atoms with E-state index in [1.165, 1.54) is 30.0 Å². The minimum atomic E-state index is -0.938. The van der Waals surface area contributed by atoms with Gasteiger partial charge in [-0.2, -0.15) is 0 Å². The molecule has 3 heterocycles. The van der Waals surface area contributed by atoms with Crippen molar-refractivity contribution in [2.24, 2.45) is 5.92 Å². The molecule has 2 bridgehead atoms. The average Bonchev–Trinajstić information content (AvgIpc) is 3.66. The Hall–Kier alpha value is -2.64. The second-order valence-electron chi connectivity index (χ2n) is 12.7. The highest BCUT2D eigenvalue weighted by Crippen LogP contribution is 2.56. The summed E-state index contributed by atoms with van der Waals surface area (Å²) < 4.78 is 5.73. The Morgan fingerprint density at radius 3 is 2.59 bits per heavy atom. The Labute approximate surface area is 218 Å². The van der Waals surface area contributed by atoms with Crippen LogP contribution in [0.3, 0.4) is 0 Å². The van der Waals surface area contributed by atoms with Crippen molar-refractivity contribution in [1.82, 2.24) is 14.8 Å². The number of benzene rings is 1. The second kappa shape index (κ2) is 8.70. The number of aliphatic hydroxyl groups is 1. The van der Waals surface area contributed by atoms with E-state index < -0.39 is 16.6 Å². The number of pyridine rings is 1. The van der Waals surface area contributed by atoms with Crippen molar-refractivity contribution in [3.63, 3.8) is 0 Å². The normalized spacial score (nSPS) is 29.7. The lowest BCUT2D eigenvalue weighted by molar-refractivity contribution is -0.149. The Balaban J connectivity index is 1.42. The highest BCUT2D eigenvalue weighted by atomic mass is 16.6. The SMILES string of the molecule is CC(C)(C)OC(=O)N1CCC23CCN(CC4CC4)C(Cc4ccc(-c5cccc(=O)[nH]5)cc42)C3(O)CC1. The van der Waals surface area contributed by atoms with E-state index in [0.717, 1.165) is 43.1 Å². The van der Waals surface area contributed by atoms with E-state index in [0.29, 0.717) is 25.9 Å². The predicted octanol–water partition coefficient (Wildman–Crippen LogP) is 4.08. The number of H-pyrrole nitrogens is 1. The van der Waals surface area contributed by atoms with Crippen molar-refractivity contribution in [3.8, 4) is 11.3 Å². The predicted molar refractivity (Wildman–Crippen MR) is 143 cm³/mol. The number of carbonyl (C=O) groups is 1. The summed E-state index contributed by atoms with van der Waals surface area (Å²) in [7, 11) is 0. The van der Waals surface area contributed by atoms with Gasteiger partial charge in [0, 0.05) is 42.9 Å². The number of ether oxygens (including phenoxy) is 1. The third-order valence-electron chi connectivity index (χ3n) is 9.18. The van der Waals surface area contributed by atoms with Crippen LogP contribution in [0.1, 0.15) is 64.0 Å². The van der Waals surface area contributed by atoms with Crippen molar-refractivity contribution in [2.75, 3.05) is 26.2 Å². The molecular weight excluding hydrogens is 466 g/mol. The first-order valence-corrected chi connectivity index (χ1v) is 13.9. The number of amides is 1. The topological polar surface area (TPSA) is 85.9 Å². The molecule has 2 aliphatic heterocycles. The molecule has 3 unspecified atom stereocenters. The molecule has 3 fully saturated rings. The zero-order valence-corrected chi connectivity index (χ0v) is 22.3. The highest BCUT2D eigenvalue weighted by Gasteiger charge is 2.63. The molecule has 7 nitrogen and oxygen atoms in total. The first-order chi connectivity index (χ1) is 17.6. The lowest BCUT2D eigenvalue weighted by Gasteiger charge is -2.61. The third kappa shape index (κ3) is 4.30. The van der Waals surface area contributed by atoms with Gasteiger partial charge >= 0.3 is 6.09 Å². The molecule has 2 saturated heterocycles. The van der Waals surface area contributed by atoms with Gasteiger partial charge in [-0.15, -0.1) is 0 Å². The molecule has 1 amide bonds. The fourth-order valence-corrected chi connectivity index (χ4v) is 7.17. The molecule has 4 aliphatic rings. The van der Waals surface area contributed by atoms with Crippen LogP contribution in [0.15, 0.2) is 41.2 Å². The molecule has 37 heavy (non-hydrogen) atoms. The zero-order valence-electron chi connectivity index (χ0n) is 22.3. The van der Waals surface area contributed by atoms with Gasteiger partial charge in [0.05, 0.1) is 5.60 Å². The molecular formula is C30H39N3O4. The van der Waals surface area contributed by atoms with Gasteiger partial charge in [-0.3, -0.25) is 9.69 Å². The van der Waals surface area contributed by atoms with E-state index in [1.807, 2.05) is 26.8 Å². The van der Waals surface area contributed by atoms with Crippen LogP contribution in [-0.2, 0) is 16.6 Å². The fraction of sp³-hybridized carbons (Fsp3) is 0.600. The van der Waals surface area contributed by atoms with Gasteiger partial charge in [-0.25, -0.2) is 4.79 Å². The summed E-state index contributed by atoms with van der Waals surface area (Å²) in [6.45, 7) is 8.73. The van der Waals surface area contributed by atoms with E-state index >= 15 is 0 Å². The van der Waals surface area contributed by atoms with Crippen molar-refractivity contribution in [3.05, 3.63) is 57.9 Å². The Bertz CT molecular complexity index is 1260. The van der Waals surface area contributed by atoms with Crippen LogP contribution in [0.2, 0.25) is 0 Å². The molecule has 198 valence electrons. The number of hydrogen-bond donors (Lipinski definition) is 2. The summed E-state index contributed by atoms with van der Waals surface area (Å²) in [5.74, 6) is 0.749. The van der Waals surface area contributed by atoms with Gasteiger partial charge in [-0.1, -0.05) is 18.2 Å². The van der Waals surface area contributed by atoms with Crippen LogP contribution in [0.4, 0.5) is 4.79 Å². The summed E-state index contributed by atoms with van der Waals surface area (Å²) in [6, 6.07) is 11.7. The average molecular weight is 506 g/mol. The highest BCUT2D eigenvalue weighted by molar-refractivity contribution is 5.68. The fourth-order valence-electron chi connectivity index (χ4n) is 7.17. The van der Waals surface area contributed by atoms with Gasteiger partial charge in [0.25, 0.3) is 0 Å². The Morgan fingerprint density at radius 2 is 1.86 bits per heavy atom. The maximum Gasteiger partial charge on any atom is 0.410 e. The minimum absolute atomic E-state index is 0.0373. The van der Waals surface area contributed by atoms with Crippen LogP contribution in [-0.4, -0.2) is 69.4 Å². The lowest BCUT2D eigenvalue weighted by Crippen LogP contribution is -2.71. The number of rotatable bonds is 3. The summed E-state index contributed by atoms with van der Waals surface area (Å²) in [4.78, 5) is 32.4. The molecule has 2 aromatic rings. The lowest BCUT2D eigenvalue weighted by atomic mass is 9.52. The van der Waals surface area contributed by atoms with Crippen LogP contribution in [0.25, 0.3) is 11.3 Å². The number of nitrogens with one attached hydrogen (secondary N) is 1. The van der Waals surface area contributed by atoms with E-state index in [4.69, 9.17) is 4.74 Å². The Morgan fingerprint density at radius 1 is 1.11 bits per heavy atom. The summed E-state index contributed by atoms with van der Waals surface area (Å²) >= 11 is 0. The molecule has 0 spiro atoms. The minimum Gasteiger partial charge on any atom is -0.444 e. The van der Waals surface area contributed by atoms with Gasteiger partial charge < -0.3 is 19.7 Å². The molecule has 1 saturated carbocycles. The number of likely N-dealkylation sites (tertiary alicyclic amines) is 2. The zero-order chi connectivity index (χ0) is 26.0. The van der Waals surface area contributed by atoms with Crippen LogP contribution >= 0.6 is 0 Å². The molecule has 1 aromatic heterocycles. The van der Waals surface area contributed by atoms with Crippen molar-refractivity contribution in [1.29, 1.82) is 0 Å². The van der Waals surface area contributed by atoms with E-state index in [-0.39, 0.29) is 17.7 Å². The molecule has 2 aliphatic carbocycles. The molecule has 7 heteroatoms.